The zero-order chi connectivity index (χ0) is 16.7. The number of piperazine rings is 1. The fourth-order valence-corrected chi connectivity index (χ4v) is 2.77. The van der Waals surface area contributed by atoms with E-state index in [9.17, 15) is 9.59 Å². The summed E-state index contributed by atoms with van der Waals surface area (Å²) in [5, 5.41) is 3.12. The number of benzene rings is 1. The highest BCUT2D eigenvalue weighted by Crippen LogP contribution is 2.09. The van der Waals surface area contributed by atoms with E-state index in [0.29, 0.717) is 6.54 Å². The summed E-state index contributed by atoms with van der Waals surface area (Å²) in [7, 11) is 0. The molecule has 23 heavy (non-hydrogen) atoms. The van der Waals surface area contributed by atoms with Crippen LogP contribution in [0, 0.1) is 0 Å². The third-order valence-electron chi connectivity index (χ3n) is 3.86. The van der Waals surface area contributed by atoms with Gasteiger partial charge < -0.3 is 15.0 Å². The van der Waals surface area contributed by atoms with Gasteiger partial charge in [-0.25, -0.2) is 0 Å². The molecule has 0 spiro atoms. The van der Waals surface area contributed by atoms with E-state index >= 15 is 0 Å². The molecule has 1 heterocycles. The Bertz CT molecular complexity index is 516. The number of hydrogen-bond acceptors (Lipinski definition) is 4. The quantitative estimate of drug-likeness (QED) is 0.778. The highest BCUT2D eigenvalue weighted by atomic mass is 16.5. The van der Waals surface area contributed by atoms with Gasteiger partial charge in [0, 0.05) is 19.6 Å². The third-order valence-corrected chi connectivity index (χ3v) is 3.86. The number of carbonyl (C=O) groups is 2. The predicted octanol–water partition coefficient (Wildman–Crippen LogP) is 1.76. The van der Waals surface area contributed by atoms with Gasteiger partial charge in [-0.3, -0.25) is 9.59 Å². The summed E-state index contributed by atoms with van der Waals surface area (Å²) in [6, 6.07) is 9.81. The van der Waals surface area contributed by atoms with E-state index in [2.05, 4.69) is 17.4 Å². The smallest absolute Gasteiger partial charge is 0.308 e. The number of ether oxygens (including phenoxy) is 1. The van der Waals surface area contributed by atoms with Gasteiger partial charge >= 0.3 is 5.97 Å². The highest BCUT2D eigenvalue weighted by Gasteiger charge is 2.30. The van der Waals surface area contributed by atoms with Crippen LogP contribution in [0.3, 0.4) is 0 Å². The highest BCUT2D eigenvalue weighted by molar-refractivity contribution is 5.87. The van der Waals surface area contributed by atoms with Gasteiger partial charge in [0.2, 0.25) is 5.91 Å². The summed E-state index contributed by atoms with van der Waals surface area (Å²) < 4.78 is 5.13. The lowest BCUT2D eigenvalue weighted by atomic mass is 10.1. The van der Waals surface area contributed by atoms with E-state index < -0.39 is 6.04 Å². The summed E-state index contributed by atoms with van der Waals surface area (Å²) in [4.78, 5) is 26.0. The van der Waals surface area contributed by atoms with Gasteiger partial charge in [-0.1, -0.05) is 30.3 Å². The van der Waals surface area contributed by atoms with Crippen LogP contribution >= 0.6 is 0 Å². The minimum atomic E-state index is -0.452. The Balaban J connectivity index is 1.78. The summed E-state index contributed by atoms with van der Waals surface area (Å²) >= 11 is 0. The van der Waals surface area contributed by atoms with E-state index in [1.165, 1.54) is 5.56 Å². The maximum atomic E-state index is 12.4. The van der Waals surface area contributed by atoms with Crippen LogP contribution in [-0.4, -0.2) is 48.6 Å². The molecule has 1 aromatic carbocycles. The van der Waals surface area contributed by atoms with E-state index in [4.69, 9.17) is 4.74 Å². The summed E-state index contributed by atoms with van der Waals surface area (Å²) in [5.41, 5.74) is 1.28. The Morgan fingerprint density at radius 3 is 2.78 bits per heavy atom. The predicted molar refractivity (Wildman–Crippen MR) is 89.0 cm³/mol. The number of aryl methyl sites for hydroxylation is 1. The summed E-state index contributed by atoms with van der Waals surface area (Å²) in [6.45, 7) is 5.76. The summed E-state index contributed by atoms with van der Waals surface area (Å²) in [5.74, 6) is -0.318. The number of carbonyl (C=O) groups excluding carboxylic acids is 2. The first kappa shape index (κ1) is 17.5. The van der Waals surface area contributed by atoms with Crippen molar-refractivity contribution < 1.29 is 14.3 Å². The lowest BCUT2D eigenvalue weighted by Crippen LogP contribution is -2.55. The Labute approximate surface area is 138 Å². The van der Waals surface area contributed by atoms with Gasteiger partial charge in [0.15, 0.2) is 0 Å². The van der Waals surface area contributed by atoms with Crippen LogP contribution in [-0.2, 0) is 20.7 Å². The number of rotatable bonds is 7. The Morgan fingerprint density at radius 1 is 1.35 bits per heavy atom. The maximum absolute atomic E-state index is 12.4. The molecule has 1 aliphatic rings. The van der Waals surface area contributed by atoms with Crippen molar-refractivity contribution in [1.29, 1.82) is 0 Å². The van der Waals surface area contributed by atoms with Gasteiger partial charge in [-0.05, 0) is 32.3 Å². The van der Waals surface area contributed by atoms with Crippen molar-refractivity contribution in [3.8, 4) is 0 Å². The molecule has 0 saturated carbocycles. The third kappa shape index (κ3) is 5.67. The first-order valence-corrected chi connectivity index (χ1v) is 8.32. The van der Waals surface area contributed by atoms with Crippen molar-refractivity contribution in [2.75, 3.05) is 19.6 Å². The fraction of sp³-hybridized carbons (Fsp3) is 0.556. The maximum Gasteiger partial charge on any atom is 0.308 e. The van der Waals surface area contributed by atoms with Crippen molar-refractivity contribution in [1.82, 2.24) is 10.2 Å². The molecule has 0 aromatic heterocycles. The van der Waals surface area contributed by atoms with Crippen LogP contribution in [0.4, 0.5) is 0 Å². The number of nitrogens with one attached hydrogen (secondary N) is 1. The fourth-order valence-electron chi connectivity index (χ4n) is 2.77. The zero-order valence-electron chi connectivity index (χ0n) is 14.0. The van der Waals surface area contributed by atoms with Crippen LogP contribution in [0.25, 0.3) is 0 Å². The lowest BCUT2D eigenvalue weighted by Gasteiger charge is -2.33. The van der Waals surface area contributed by atoms with Gasteiger partial charge in [0.25, 0.3) is 0 Å². The standard InChI is InChI=1S/C18H26N2O3/c1-14(2)23-17(21)13-16-18(22)20(12-10-19-16)11-6-9-15-7-4-3-5-8-15/h3-5,7-8,14,16,19H,6,9-13H2,1-2H3. The lowest BCUT2D eigenvalue weighted by molar-refractivity contribution is -0.151. The second-order valence-corrected chi connectivity index (χ2v) is 6.16. The molecule has 1 fully saturated rings. The molecular weight excluding hydrogens is 292 g/mol. The molecule has 1 amide bonds. The van der Waals surface area contributed by atoms with Crippen LogP contribution in [0.2, 0.25) is 0 Å². The van der Waals surface area contributed by atoms with Gasteiger partial charge in [0.05, 0.1) is 18.6 Å². The molecule has 1 aliphatic heterocycles. The summed E-state index contributed by atoms with van der Waals surface area (Å²) in [6.07, 6.45) is 1.84. The van der Waals surface area contributed by atoms with Crippen LogP contribution in [0.5, 0.6) is 0 Å². The Hall–Kier alpha value is -1.88. The SMILES string of the molecule is CC(C)OC(=O)CC1NCCN(CCCc2ccccc2)C1=O. The van der Waals surface area contributed by atoms with Gasteiger partial charge in [-0.2, -0.15) is 0 Å². The second-order valence-electron chi connectivity index (χ2n) is 6.16. The molecule has 0 radical (unpaired) electrons. The second kappa shape index (κ2) is 8.67. The normalized spacial score (nSPS) is 18.3. The molecule has 2 rings (SSSR count). The van der Waals surface area contributed by atoms with E-state index in [0.717, 1.165) is 25.9 Å². The molecule has 126 valence electrons. The van der Waals surface area contributed by atoms with Crippen LogP contribution < -0.4 is 5.32 Å². The zero-order valence-corrected chi connectivity index (χ0v) is 14.0. The van der Waals surface area contributed by atoms with Crippen molar-refractivity contribution in [3.05, 3.63) is 35.9 Å². The number of hydrogen-bond donors (Lipinski definition) is 1. The minimum Gasteiger partial charge on any atom is -0.463 e. The molecule has 0 bridgehead atoms. The largest absolute Gasteiger partial charge is 0.463 e. The van der Waals surface area contributed by atoms with Crippen LogP contribution in [0.1, 0.15) is 32.3 Å². The topological polar surface area (TPSA) is 58.6 Å². The first-order chi connectivity index (χ1) is 11.1. The molecule has 5 nitrogen and oxygen atoms in total. The molecule has 1 unspecified atom stereocenters. The van der Waals surface area contributed by atoms with E-state index in [1.807, 2.05) is 36.9 Å². The van der Waals surface area contributed by atoms with Crippen LogP contribution in [0.15, 0.2) is 30.3 Å². The molecule has 5 heteroatoms. The average Bonchev–Trinajstić information content (AvgIpc) is 2.51. The molecule has 1 atom stereocenters. The molecule has 1 aromatic rings. The molecular formula is C18H26N2O3. The molecule has 1 N–H and O–H groups in total. The number of amides is 1. The van der Waals surface area contributed by atoms with Crippen molar-refractivity contribution >= 4 is 11.9 Å². The van der Waals surface area contributed by atoms with Gasteiger partial charge in [0.1, 0.15) is 0 Å². The van der Waals surface area contributed by atoms with Crippen molar-refractivity contribution in [3.63, 3.8) is 0 Å². The Kier molecular flexibility index (Phi) is 6.59. The Morgan fingerprint density at radius 2 is 2.09 bits per heavy atom. The first-order valence-electron chi connectivity index (χ1n) is 8.32. The molecule has 1 saturated heterocycles. The molecule has 0 aliphatic carbocycles. The number of esters is 1. The minimum absolute atomic E-state index is 0.00465. The monoisotopic (exact) mass is 318 g/mol. The van der Waals surface area contributed by atoms with Crippen molar-refractivity contribution in [2.24, 2.45) is 0 Å². The van der Waals surface area contributed by atoms with Crippen molar-refractivity contribution in [2.45, 2.75) is 45.3 Å². The average molecular weight is 318 g/mol. The number of nitrogens with zero attached hydrogens (tertiary/aromatic N) is 1. The van der Waals surface area contributed by atoms with E-state index in [1.54, 1.807) is 0 Å². The van der Waals surface area contributed by atoms with E-state index in [-0.39, 0.29) is 24.4 Å². The van der Waals surface area contributed by atoms with Gasteiger partial charge in [-0.15, -0.1) is 0 Å².